The summed E-state index contributed by atoms with van der Waals surface area (Å²) in [6, 6.07) is 7.69. The molecule has 1 aliphatic carbocycles. The molecule has 0 bridgehead atoms. The number of ether oxygens (including phenoxy) is 1. The number of fused-ring (bicyclic) bond motifs is 1. The van der Waals surface area contributed by atoms with Crippen molar-refractivity contribution in [2.24, 2.45) is 5.92 Å². The zero-order valence-corrected chi connectivity index (χ0v) is 21.2. The van der Waals surface area contributed by atoms with E-state index in [2.05, 4.69) is 0 Å². The number of nitrogens with zero attached hydrogens (tertiary/aromatic N) is 1. The number of carbonyl (C=O) groups is 1. The van der Waals surface area contributed by atoms with Crippen LogP contribution < -0.4 is 10.2 Å². The Morgan fingerprint density at radius 2 is 1.94 bits per heavy atom. The van der Waals surface area contributed by atoms with Gasteiger partial charge in [0, 0.05) is 12.6 Å². The molecule has 0 radical (unpaired) electrons. The number of hydrogen-bond donors (Lipinski definition) is 2. The average Bonchev–Trinajstić information content (AvgIpc) is 2.84. The van der Waals surface area contributed by atoms with E-state index in [1.807, 2.05) is 13.8 Å². The lowest BCUT2D eigenvalue weighted by Crippen LogP contribution is -2.29. The highest BCUT2D eigenvalue weighted by molar-refractivity contribution is 6.30. The molecule has 1 fully saturated rings. The molecule has 0 unspecified atom stereocenters. The Balaban J connectivity index is 1.98. The normalized spacial score (nSPS) is 15.4. The van der Waals surface area contributed by atoms with E-state index in [-0.39, 0.29) is 41.0 Å². The first kappa shape index (κ1) is 26.2. The third kappa shape index (κ3) is 5.27. The van der Waals surface area contributed by atoms with Gasteiger partial charge < -0.3 is 19.5 Å². The van der Waals surface area contributed by atoms with Gasteiger partial charge in [0.05, 0.1) is 34.7 Å². The number of aromatic nitrogens is 1. The van der Waals surface area contributed by atoms with Gasteiger partial charge in [0.25, 0.3) is 0 Å². The lowest BCUT2D eigenvalue weighted by Gasteiger charge is -2.32. The lowest BCUT2D eigenvalue weighted by molar-refractivity contribution is 0.0693. The topological polar surface area (TPSA) is 88.8 Å². The van der Waals surface area contributed by atoms with Crippen molar-refractivity contribution in [3.63, 3.8) is 0 Å². The number of benzene rings is 2. The minimum absolute atomic E-state index is 0.000678. The van der Waals surface area contributed by atoms with Gasteiger partial charge in [0.1, 0.15) is 17.1 Å². The van der Waals surface area contributed by atoms with Crippen LogP contribution in [0.4, 0.5) is 4.39 Å². The molecule has 4 rings (SSSR count). The lowest BCUT2D eigenvalue weighted by atomic mass is 9.83. The Morgan fingerprint density at radius 1 is 1.22 bits per heavy atom. The second kappa shape index (κ2) is 11.0. The van der Waals surface area contributed by atoms with Gasteiger partial charge in [-0.15, -0.1) is 0 Å². The van der Waals surface area contributed by atoms with Gasteiger partial charge in [0.2, 0.25) is 5.43 Å². The van der Waals surface area contributed by atoms with Crippen molar-refractivity contribution in [2.45, 2.75) is 64.5 Å². The number of aliphatic hydroxyl groups is 1. The predicted molar refractivity (Wildman–Crippen MR) is 138 cm³/mol. The quantitative estimate of drug-likeness (QED) is 0.385. The Kier molecular flexibility index (Phi) is 8.00. The molecular weight excluding hydrogens is 485 g/mol. The molecule has 1 aromatic heterocycles. The maximum Gasteiger partial charge on any atom is 0.341 e. The molecule has 8 heteroatoms. The summed E-state index contributed by atoms with van der Waals surface area (Å²) in [7, 11) is 0. The fraction of sp³-hybridized carbons (Fsp3) is 0.429. The average molecular weight is 516 g/mol. The first-order valence-corrected chi connectivity index (χ1v) is 12.7. The summed E-state index contributed by atoms with van der Waals surface area (Å²) in [5.41, 5.74) is 0.360. The van der Waals surface area contributed by atoms with E-state index in [9.17, 15) is 24.2 Å². The smallest absolute Gasteiger partial charge is 0.341 e. The van der Waals surface area contributed by atoms with Gasteiger partial charge in [-0.3, -0.25) is 4.79 Å². The van der Waals surface area contributed by atoms with Crippen molar-refractivity contribution in [1.29, 1.82) is 0 Å². The van der Waals surface area contributed by atoms with E-state index in [0.717, 1.165) is 32.1 Å². The summed E-state index contributed by atoms with van der Waals surface area (Å²) < 4.78 is 22.5. The van der Waals surface area contributed by atoms with Crippen LogP contribution in [0.25, 0.3) is 10.9 Å². The molecule has 0 aliphatic heterocycles. The number of rotatable bonds is 8. The maximum absolute atomic E-state index is 14.6. The highest BCUT2D eigenvalue weighted by Gasteiger charge is 2.29. The minimum atomic E-state index is -1.34. The fourth-order valence-corrected chi connectivity index (χ4v) is 5.45. The molecule has 1 atom stereocenters. The minimum Gasteiger partial charge on any atom is -0.489 e. The van der Waals surface area contributed by atoms with E-state index >= 15 is 0 Å². The molecule has 3 aromatic rings. The summed E-state index contributed by atoms with van der Waals surface area (Å²) in [5, 5.41) is 20.4. The van der Waals surface area contributed by atoms with E-state index in [0.29, 0.717) is 22.4 Å². The number of carboxylic acid groups (broad SMARTS) is 1. The molecule has 0 spiro atoms. The zero-order chi connectivity index (χ0) is 26.0. The molecule has 0 saturated heterocycles. The van der Waals surface area contributed by atoms with Crippen molar-refractivity contribution >= 4 is 28.5 Å². The van der Waals surface area contributed by atoms with Crippen molar-refractivity contribution in [2.75, 3.05) is 6.61 Å². The number of aromatic carboxylic acids is 1. The second-order valence-electron chi connectivity index (χ2n) is 9.78. The second-order valence-corrected chi connectivity index (χ2v) is 10.2. The number of halogens is 2. The van der Waals surface area contributed by atoms with E-state index < -0.39 is 23.3 Å². The van der Waals surface area contributed by atoms with Gasteiger partial charge in [-0.05, 0) is 61.9 Å². The summed E-state index contributed by atoms with van der Waals surface area (Å²) in [5.74, 6) is -1.35. The van der Waals surface area contributed by atoms with Gasteiger partial charge >= 0.3 is 5.97 Å². The summed E-state index contributed by atoms with van der Waals surface area (Å²) in [6.45, 7) is 3.51. The van der Waals surface area contributed by atoms with Crippen LogP contribution in [0.1, 0.15) is 73.5 Å². The maximum atomic E-state index is 14.6. The SMILES string of the molecule is CC(C)Oc1cc(Cc2cccc(Cl)c2F)cc2c(=O)c(C(=O)O)cn([C@H](CO)C3CCCCC3)c12. The molecule has 1 heterocycles. The molecule has 6 nitrogen and oxygen atoms in total. The van der Waals surface area contributed by atoms with Crippen LogP contribution in [0, 0.1) is 11.7 Å². The summed E-state index contributed by atoms with van der Waals surface area (Å²) in [4.78, 5) is 25.4. The van der Waals surface area contributed by atoms with Crippen LogP contribution in [0.2, 0.25) is 5.02 Å². The third-order valence-corrected chi connectivity index (χ3v) is 7.20. The molecule has 0 amide bonds. The zero-order valence-electron chi connectivity index (χ0n) is 20.5. The molecule has 192 valence electrons. The Bertz CT molecular complexity index is 1330. The van der Waals surface area contributed by atoms with Crippen LogP contribution >= 0.6 is 11.6 Å². The predicted octanol–water partition coefficient (Wildman–Crippen LogP) is 5.98. The van der Waals surface area contributed by atoms with Crippen molar-refractivity contribution in [1.82, 2.24) is 4.57 Å². The van der Waals surface area contributed by atoms with Gasteiger partial charge in [-0.25, -0.2) is 9.18 Å². The highest BCUT2D eigenvalue weighted by Crippen LogP contribution is 2.37. The van der Waals surface area contributed by atoms with Crippen LogP contribution in [0.5, 0.6) is 5.75 Å². The van der Waals surface area contributed by atoms with E-state index in [1.54, 1.807) is 28.8 Å². The Morgan fingerprint density at radius 3 is 2.58 bits per heavy atom. The standard InChI is InChI=1S/C28H31ClFNO5/c1-16(2)36-24-13-17(11-19-9-6-10-22(29)25(19)30)12-20-26(24)31(14-21(27(20)33)28(34)35)23(15-32)18-7-4-3-5-8-18/h6,9-10,12-14,16,18,23,32H,3-5,7-8,11,15H2,1-2H3,(H,34,35)/t23-/m1/s1. The van der Waals surface area contributed by atoms with Crippen molar-refractivity contribution < 1.29 is 24.1 Å². The summed E-state index contributed by atoms with van der Waals surface area (Å²) in [6.07, 6.45) is 6.26. The van der Waals surface area contributed by atoms with Crippen LogP contribution in [0.3, 0.4) is 0 Å². The highest BCUT2D eigenvalue weighted by atomic mass is 35.5. The van der Waals surface area contributed by atoms with E-state index in [4.69, 9.17) is 16.3 Å². The Labute approximate surface area is 214 Å². The van der Waals surface area contributed by atoms with Crippen LogP contribution in [-0.2, 0) is 6.42 Å². The first-order valence-electron chi connectivity index (χ1n) is 12.4. The Hall–Kier alpha value is -2.90. The molecule has 2 N–H and O–H groups in total. The molecule has 2 aromatic carbocycles. The van der Waals surface area contributed by atoms with E-state index in [1.165, 1.54) is 12.3 Å². The van der Waals surface area contributed by atoms with Crippen molar-refractivity contribution in [3.05, 3.63) is 74.3 Å². The van der Waals surface area contributed by atoms with Gasteiger partial charge in [-0.1, -0.05) is 43.0 Å². The molecule has 1 aliphatic rings. The molecule has 1 saturated carbocycles. The number of carboxylic acids is 1. The fourth-order valence-electron chi connectivity index (χ4n) is 5.26. The molecule has 36 heavy (non-hydrogen) atoms. The van der Waals surface area contributed by atoms with Crippen LogP contribution in [0.15, 0.2) is 41.3 Å². The number of hydrogen-bond acceptors (Lipinski definition) is 4. The molecular formula is C28H31ClFNO5. The first-order chi connectivity index (χ1) is 17.2. The monoisotopic (exact) mass is 515 g/mol. The third-order valence-electron chi connectivity index (χ3n) is 6.91. The van der Waals surface area contributed by atoms with Gasteiger partial charge in [0.15, 0.2) is 0 Å². The number of aliphatic hydroxyl groups excluding tert-OH is 1. The summed E-state index contributed by atoms with van der Waals surface area (Å²) >= 11 is 5.96. The van der Waals surface area contributed by atoms with Crippen LogP contribution in [-0.4, -0.2) is 33.5 Å². The number of pyridine rings is 1. The van der Waals surface area contributed by atoms with Gasteiger partial charge in [-0.2, -0.15) is 0 Å². The van der Waals surface area contributed by atoms with Crippen molar-refractivity contribution in [3.8, 4) is 5.75 Å². The largest absolute Gasteiger partial charge is 0.489 e.